The summed E-state index contributed by atoms with van der Waals surface area (Å²) in [7, 11) is 0. The minimum absolute atomic E-state index is 0.0819. The molecular formula is C17H17BrN2O3. The molecule has 0 aliphatic rings. The number of nitrogens with one attached hydrogen (secondary N) is 1. The highest BCUT2D eigenvalue weighted by atomic mass is 79.9. The molecule has 0 fully saturated rings. The summed E-state index contributed by atoms with van der Waals surface area (Å²) < 4.78 is 6.18. The van der Waals surface area contributed by atoms with Crippen molar-refractivity contribution in [1.29, 1.82) is 0 Å². The van der Waals surface area contributed by atoms with Gasteiger partial charge in [-0.05, 0) is 42.3 Å². The van der Waals surface area contributed by atoms with Gasteiger partial charge in [0, 0.05) is 10.0 Å². The molecule has 0 aliphatic carbocycles. The number of hydrazone groups is 1. The van der Waals surface area contributed by atoms with E-state index < -0.39 is 0 Å². The van der Waals surface area contributed by atoms with Crippen LogP contribution in [-0.4, -0.2) is 23.8 Å². The first-order valence-corrected chi connectivity index (χ1v) is 7.90. The largest absolute Gasteiger partial charge is 0.507 e. The lowest BCUT2D eigenvalue weighted by Gasteiger charge is -2.05. The van der Waals surface area contributed by atoms with Crippen LogP contribution in [0, 0.1) is 0 Å². The van der Waals surface area contributed by atoms with Crippen LogP contribution in [0.4, 0.5) is 0 Å². The molecule has 0 saturated carbocycles. The lowest BCUT2D eigenvalue weighted by molar-refractivity contribution is -0.123. The number of phenols is 1. The summed E-state index contributed by atoms with van der Waals surface area (Å²) in [5, 5.41) is 13.4. The Bertz CT molecular complexity index is 699. The van der Waals surface area contributed by atoms with Crippen LogP contribution in [0.15, 0.2) is 52.0 Å². The molecule has 0 heterocycles. The monoisotopic (exact) mass is 376 g/mol. The van der Waals surface area contributed by atoms with Crippen LogP contribution in [0.2, 0.25) is 0 Å². The molecular weight excluding hydrogens is 360 g/mol. The molecule has 2 aromatic carbocycles. The van der Waals surface area contributed by atoms with Gasteiger partial charge in [-0.3, -0.25) is 4.79 Å². The van der Waals surface area contributed by atoms with E-state index in [-0.39, 0.29) is 18.3 Å². The molecule has 5 nitrogen and oxygen atoms in total. The highest BCUT2D eigenvalue weighted by Gasteiger charge is 2.02. The van der Waals surface area contributed by atoms with Gasteiger partial charge in [0.25, 0.3) is 5.91 Å². The second-order valence-electron chi connectivity index (χ2n) is 4.78. The van der Waals surface area contributed by atoms with Gasteiger partial charge in [0.05, 0.1) is 6.21 Å². The average molecular weight is 377 g/mol. The molecule has 0 spiro atoms. The van der Waals surface area contributed by atoms with Crippen LogP contribution in [0.5, 0.6) is 11.5 Å². The lowest BCUT2D eigenvalue weighted by Crippen LogP contribution is -2.24. The van der Waals surface area contributed by atoms with E-state index in [1.54, 1.807) is 12.1 Å². The number of carbonyl (C=O) groups is 1. The summed E-state index contributed by atoms with van der Waals surface area (Å²) in [5.74, 6) is 0.333. The Morgan fingerprint density at radius 2 is 2.04 bits per heavy atom. The van der Waals surface area contributed by atoms with Crippen LogP contribution < -0.4 is 10.2 Å². The van der Waals surface area contributed by atoms with Gasteiger partial charge in [-0.1, -0.05) is 35.0 Å². The van der Waals surface area contributed by atoms with E-state index in [0.29, 0.717) is 11.3 Å². The molecule has 120 valence electrons. The third kappa shape index (κ3) is 5.41. The third-order valence-corrected chi connectivity index (χ3v) is 3.58. The van der Waals surface area contributed by atoms with Crippen molar-refractivity contribution >= 4 is 28.1 Å². The first-order chi connectivity index (χ1) is 11.1. The van der Waals surface area contributed by atoms with Crippen LogP contribution in [0.25, 0.3) is 0 Å². The zero-order valence-electron chi connectivity index (χ0n) is 12.6. The lowest BCUT2D eigenvalue weighted by atomic mass is 10.2. The number of aromatic hydroxyl groups is 1. The quantitative estimate of drug-likeness (QED) is 0.600. The van der Waals surface area contributed by atoms with Crippen molar-refractivity contribution in [2.45, 2.75) is 13.3 Å². The fourth-order valence-electron chi connectivity index (χ4n) is 1.81. The van der Waals surface area contributed by atoms with Crippen molar-refractivity contribution < 1.29 is 14.6 Å². The van der Waals surface area contributed by atoms with E-state index in [4.69, 9.17) is 4.74 Å². The van der Waals surface area contributed by atoms with Gasteiger partial charge < -0.3 is 9.84 Å². The van der Waals surface area contributed by atoms with Crippen LogP contribution >= 0.6 is 15.9 Å². The number of phenolic OH excluding ortho intramolecular Hbond substituents is 1. The molecule has 0 aliphatic heterocycles. The third-order valence-electron chi connectivity index (χ3n) is 3.08. The van der Waals surface area contributed by atoms with Crippen molar-refractivity contribution in [1.82, 2.24) is 5.43 Å². The topological polar surface area (TPSA) is 70.9 Å². The van der Waals surface area contributed by atoms with E-state index in [9.17, 15) is 9.90 Å². The molecule has 23 heavy (non-hydrogen) atoms. The maximum Gasteiger partial charge on any atom is 0.277 e. The second-order valence-corrected chi connectivity index (χ2v) is 5.70. The maximum atomic E-state index is 11.7. The Labute approximate surface area is 143 Å². The van der Waals surface area contributed by atoms with Gasteiger partial charge in [-0.25, -0.2) is 5.43 Å². The SMILES string of the molecule is CCc1ccc(OCC(=O)NN=Cc2cc(Br)ccc2O)cc1. The van der Waals surface area contributed by atoms with Gasteiger partial charge in [0.2, 0.25) is 0 Å². The molecule has 0 radical (unpaired) electrons. The highest BCUT2D eigenvalue weighted by molar-refractivity contribution is 9.10. The fourth-order valence-corrected chi connectivity index (χ4v) is 2.18. The summed E-state index contributed by atoms with van der Waals surface area (Å²) in [5.41, 5.74) is 4.05. The normalized spacial score (nSPS) is 10.7. The summed E-state index contributed by atoms with van der Waals surface area (Å²) >= 11 is 3.30. The van der Waals surface area contributed by atoms with Gasteiger partial charge >= 0.3 is 0 Å². The molecule has 2 rings (SSSR count). The standard InChI is InChI=1S/C17H17BrN2O3/c1-2-12-3-6-15(7-4-12)23-11-17(22)20-19-10-13-9-14(18)5-8-16(13)21/h3-10,21H,2,11H2,1H3,(H,20,22). The van der Waals surface area contributed by atoms with Crippen LogP contribution in [0.1, 0.15) is 18.1 Å². The number of carbonyl (C=O) groups excluding carboxylic acids is 1. The summed E-state index contributed by atoms with van der Waals surface area (Å²) in [6.45, 7) is 1.94. The predicted octanol–water partition coefficient (Wildman–Crippen LogP) is 3.25. The number of aryl methyl sites for hydroxylation is 1. The molecule has 0 unspecified atom stereocenters. The van der Waals surface area contributed by atoms with Crippen LogP contribution in [0.3, 0.4) is 0 Å². The number of hydrogen-bond donors (Lipinski definition) is 2. The van der Waals surface area contributed by atoms with E-state index in [1.165, 1.54) is 17.8 Å². The molecule has 2 N–H and O–H groups in total. The van der Waals surface area contributed by atoms with Crippen molar-refractivity contribution in [3.8, 4) is 11.5 Å². The van der Waals surface area contributed by atoms with E-state index >= 15 is 0 Å². The Hall–Kier alpha value is -2.34. The number of benzene rings is 2. The number of amides is 1. The number of nitrogens with zero attached hydrogens (tertiary/aromatic N) is 1. The van der Waals surface area contributed by atoms with Gasteiger partial charge in [0.1, 0.15) is 11.5 Å². The summed E-state index contributed by atoms with van der Waals surface area (Å²) in [6, 6.07) is 12.5. The molecule has 2 aromatic rings. The van der Waals surface area contributed by atoms with E-state index in [0.717, 1.165) is 10.9 Å². The van der Waals surface area contributed by atoms with Crippen LogP contribution in [-0.2, 0) is 11.2 Å². The first kappa shape index (κ1) is 17.0. The molecule has 1 amide bonds. The van der Waals surface area contributed by atoms with Gasteiger partial charge in [-0.2, -0.15) is 5.10 Å². The second kappa shape index (κ2) is 8.33. The number of rotatable bonds is 6. The summed E-state index contributed by atoms with van der Waals surface area (Å²) in [6.07, 6.45) is 2.33. The van der Waals surface area contributed by atoms with E-state index in [2.05, 4.69) is 33.4 Å². The van der Waals surface area contributed by atoms with E-state index in [1.807, 2.05) is 24.3 Å². The predicted molar refractivity (Wildman–Crippen MR) is 92.9 cm³/mol. The minimum Gasteiger partial charge on any atom is -0.507 e. The Kier molecular flexibility index (Phi) is 6.17. The highest BCUT2D eigenvalue weighted by Crippen LogP contribution is 2.19. The fraction of sp³-hybridized carbons (Fsp3) is 0.176. The maximum absolute atomic E-state index is 11.7. The molecule has 0 saturated heterocycles. The minimum atomic E-state index is -0.379. The molecule has 6 heteroatoms. The average Bonchev–Trinajstić information content (AvgIpc) is 2.56. The van der Waals surface area contributed by atoms with Crippen molar-refractivity contribution in [3.05, 3.63) is 58.1 Å². The number of hydrogen-bond acceptors (Lipinski definition) is 4. The molecule has 0 atom stereocenters. The van der Waals surface area contributed by atoms with Crippen molar-refractivity contribution in [2.24, 2.45) is 5.10 Å². The zero-order valence-corrected chi connectivity index (χ0v) is 14.2. The zero-order chi connectivity index (χ0) is 16.7. The smallest absolute Gasteiger partial charge is 0.277 e. The van der Waals surface area contributed by atoms with Crippen molar-refractivity contribution in [2.75, 3.05) is 6.61 Å². The summed E-state index contributed by atoms with van der Waals surface area (Å²) in [4.78, 5) is 11.7. The Balaban J connectivity index is 1.82. The Morgan fingerprint density at radius 3 is 2.74 bits per heavy atom. The number of halogens is 1. The Morgan fingerprint density at radius 1 is 1.30 bits per heavy atom. The van der Waals surface area contributed by atoms with Gasteiger partial charge in [0.15, 0.2) is 6.61 Å². The first-order valence-electron chi connectivity index (χ1n) is 7.10. The van der Waals surface area contributed by atoms with Gasteiger partial charge in [-0.15, -0.1) is 0 Å². The van der Waals surface area contributed by atoms with Crippen molar-refractivity contribution in [3.63, 3.8) is 0 Å². The molecule has 0 bridgehead atoms. The number of ether oxygens (including phenoxy) is 1. The molecule has 0 aromatic heterocycles.